The molecule has 0 aliphatic carbocycles. The zero-order valence-electron chi connectivity index (χ0n) is 8.33. The molecule has 1 heterocycles. The van der Waals surface area contributed by atoms with Gasteiger partial charge in [0.15, 0.2) is 0 Å². The molecule has 0 N–H and O–H groups in total. The molecule has 0 saturated heterocycles. The zero-order chi connectivity index (χ0) is 11.0. The van der Waals surface area contributed by atoms with Crippen molar-refractivity contribution in [2.75, 3.05) is 7.11 Å². The maximum absolute atomic E-state index is 11.3. The van der Waals surface area contributed by atoms with Gasteiger partial charge in [0.25, 0.3) is 0 Å². The molecule has 1 aromatic carbocycles. The summed E-state index contributed by atoms with van der Waals surface area (Å²) in [5.41, 5.74) is 1.28. The van der Waals surface area contributed by atoms with E-state index in [4.69, 9.17) is 4.42 Å². The summed E-state index contributed by atoms with van der Waals surface area (Å²) in [6.45, 7) is 1.86. The van der Waals surface area contributed by atoms with E-state index in [1.54, 1.807) is 18.2 Å². The highest BCUT2D eigenvalue weighted by Gasteiger charge is 2.12. The summed E-state index contributed by atoms with van der Waals surface area (Å²) in [6.07, 6.45) is 0. The Bertz CT molecular complexity index is 528. The Morgan fingerprint density at radius 1 is 1.47 bits per heavy atom. The van der Waals surface area contributed by atoms with E-state index in [9.17, 15) is 4.79 Å². The van der Waals surface area contributed by atoms with E-state index in [1.807, 2.05) is 6.92 Å². The van der Waals surface area contributed by atoms with Crippen LogP contribution < -0.4 is 0 Å². The van der Waals surface area contributed by atoms with Gasteiger partial charge < -0.3 is 9.15 Å². The van der Waals surface area contributed by atoms with Crippen LogP contribution in [0.25, 0.3) is 11.0 Å². The molecular weight excluding hydrogens is 260 g/mol. The molecule has 0 spiro atoms. The van der Waals surface area contributed by atoms with Crippen LogP contribution in [0.4, 0.5) is 0 Å². The molecule has 15 heavy (non-hydrogen) atoms. The molecule has 2 rings (SSSR count). The predicted octanol–water partition coefficient (Wildman–Crippen LogP) is 3.29. The van der Waals surface area contributed by atoms with E-state index in [2.05, 4.69) is 20.7 Å². The molecule has 0 amide bonds. The van der Waals surface area contributed by atoms with E-state index in [0.717, 1.165) is 21.2 Å². The first-order valence-corrected chi connectivity index (χ1v) is 5.19. The minimum atomic E-state index is -0.345. The number of carbonyl (C=O) groups is 1. The van der Waals surface area contributed by atoms with Gasteiger partial charge in [-0.3, -0.25) is 0 Å². The lowest BCUT2D eigenvalue weighted by molar-refractivity contribution is 0.0601. The zero-order valence-corrected chi connectivity index (χ0v) is 9.92. The van der Waals surface area contributed by atoms with Crippen LogP contribution in [0, 0.1) is 6.92 Å². The minimum Gasteiger partial charge on any atom is -0.465 e. The minimum absolute atomic E-state index is 0.345. The Hall–Kier alpha value is -1.29. The fraction of sp³-hybridized carbons (Fsp3) is 0.182. The molecule has 0 atom stereocenters. The van der Waals surface area contributed by atoms with E-state index < -0.39 is 0 Å². The Morgan fingerprint density at radius 3 is 2.87 bits per heavy atom. The summed E-state index contributed by atoms with van der Waals surface area (Å²) in [4.78, 5) is 11.3. The maximum Gasteiger partial charge on any atom is 0.337 e. The third kappa shape index (κ3) is 1.65. The molecule has 3 nitrogen and oxygen atoms in total. The standard InChI is InChI=1S/C11H9BrO3/c1-6-10(12)8-5-7(11(13)14-2)3-4-9(8)15-6/h3-5H,1-2H3. The molecule has 0 radical (unpaired) electrons. The van der Waals surface area contributed by atoms with Crippen molar-refractivity contribution in [2.45, 2.75) is 6.92 Å². The SMILES string of the molecule is COC(=O)c1ccc2oc(C)c(Br)c2c1. The number of aryl methyl sites for hydroxylation is 1. The quantitative estimate of drug-likeness (QED) is 0.746. The van der Waals surface area contributed by atoms with Crippen molar-refractivity contribution in [2.24, 2.45) is 0 Å². The van der Waals surface area contributed by atoms with Crippen molar-refractivity contribution in [3.05, 3.63) is 34.0 Å². The van der Waals surface area contributed by atoms with Gasteiger partial charge in [-0.25, -0.2) is 4.79 Å². The van der Waals surface area contributed by atoms with Crippen LogP contribution in [-0.4, -0.2) is 13.1 Å². The lowest BCUT2D eigenvalue weighted by atomic mass is 10.1. The smallest absolute Gasteiger partial charge is 0.337 e. The van der Waals surface area contributed by atoms with Crippen molar-refractivity contribution >= 4 is 32.9 Å². The van der Waals surface area contributed by atoms with Crippen LogP contribution in [0.1, 0.15) is 16.1 Å². The summed E-state index contributed by atoms with van der Waals surface area (Å²) in [5, 5.41) is 0.885. The van der Waals surface area contributed by atoms with Crippen molar-refractivity contribution in [3.8, 4) is 0 Å². The van der Waals surface area contributed by atoms with Crippen LogP contribution >= 0.6 is 15.9 Å². The van der Waals surface area contributed by atoms with Gasteiger partial charge in [-0.05, 0) is 41.1 Å². The van der Waals surface area contributed by atoms with Gasteiger partial charge in [0.05, 0.1) is 17.1 Å². The van der Waals surface area contributed by atoms with Gasteiger partial charge in [0.2, 0.25) is 0 Å². The third-order valence-electron chi connectivity index (χ3n) is 2.21. The number of carbonyl (C=O) groups excluding carboxylic acids is 1. The number of rotatable bonds is 1. The highest BCUT2D eigenvalue weighted by molar-refractivity contribution is 9.10. The van der Waals surface area contributed by atoms with Crippen molar-refractivity contribution in [1.82, 2.24) is 0 Å². The van der Waals surface area contributed by atoms with E-state index >= 15 is 0 Å². The van der Waals surface area contributed by atoms with Gasteiger partial charge in [0.1, 0.15) is 11.3 Å². The van der Waals surface area contributed by atoms with Gasteiger partial charge >= 0.3 is 5.97 Å². The molecule has 0 bridgehead atoms. The number of furan rings is 1. The van der Waals surface area contributed by atoms with Crippen LogP contribution in [-0.2, 0) is 4.74 Å². The Balaban J connectivity index is 2.64. The summed E-state index contributed by atoms with van der Waals surface area (Å²) in [5.74, 6) is 0.453. The van der Waals surface area contributed by atoms with Crippen LogP contribution in [0.3, 0.4) is 0 Å². The fourth-order valence-corrected chi connectivity index (χ4v) is 1.83. The van der Waals surface area contributed by atoms with E-state index in [1.165, 1.54) is 7.11 Å². The molecule has 0 fully saturated rings. The maximum atomic E-state index is 11.3. The third-order valence-corrected chi connectivity index (χ3v) is 3.19. The molecule has 0 unspecified atom stereocenters. The molecule has 0 aliphatic heterocycles. The van der Waals surface area contributed by atoms with Crippen LogP contribution in [0.15, 0.2) is 27.1 Å². The Morgan fingerprint density at radius 2 is 2.20 bits per heavy atom. The lowest BCUT2D eigenvalue weighted by Crippen LogP contribution is -2.00. The molecular formula is C11H9BrO3. The highest BCUT2D eigenvalue weighted by atomic mass is 79.9. The first-order chi connectivity index (χ1) is 7.13. The Kier molecular flexibility index (Phi) is 2.52. The number of esters is 1. The molecule has 4 heteroatoms. The van der Waals surface area contributed by atoms with Gasteiger partial charge in [-0.15, -0.1) is 0 Å². The largest absolute Gasteiger partial charge is 0.465 e. The van der Waals surface area contributed by atoms with E-state index in [-0.39, 0.29) is 5.97 Å². The monoisotopic (exact) mass is 268 g/mol. The Labute approximate surface area is 95.1 Å². The first kappa shape index (κ1) is 10.2. The predicted molar refractivity (Wildman–Crippen MR) is 60.0 cm³/mol. The number of halogens is 1. The summed E-state index contributed by atoms with van der Waals surface area (Å²) >= 11 is 3.41. The number of fused-ring (bicyclic) bond motifs is 1. The number of hydrogen-bond acceptors (Lipinski definition) is 3. The van der Waals surface area contributed by atoms with Crippen LogP contribution in [0.2, 0.25) is 0 Å². The number of hydrogen-bond donors (Lipinski definition) is 0. The lowest BCUT2D eigenvalue weighted by Gasteiger charge is -1.98. The van der Waals surface area contributed by atoms with Gasteiger partial charge in [-0.2, -0.15) is 0 Å². The molecule has 2 aromatic rings. The van der Waals surface area contributed by atoms with Crippen molar-refractivity contribution < 1.29 is 13.9 Å². The molecule has 78 valence electrons. The normalized spacial score (nSPS) is 10.6. The highest BCUT2D eigenvalue weighted by Crippen LogP contribution is 2.30. The number of benzene rings is 1. The summed E-state index contributed by atoms with van der Waals surface area (Å²) < 4.78 is 11.0. The second-order valence-corrected chi connectivity index (χ2v) is 3.97. The van der Waals surface area contributed by atoms with Crippen molar-refractivity contribution in [1.29, 1.82) is 0 Å². The van der Waals surface area contributed by atoms with E-state index in [0.29, 0.717) is 5.56 Å². The number of methoxy groups -OCH3 is 1. The molecule has 0 saturated carbocycles. The first-order valence-electron chi connectivity index (χ1n) is 4.40. The molecule has 1 aromatic heterocycles. The topological polar surface area (TPSA) is 39.4 Å². The second-order valence-electron chi connectivity index (χ2n) is 3.17. The summed E-state index contributed by atoms with van der Waals surface area (Å²) in [6, 6.07) is 5.20. The fourth-order valence-electron chi connectivity index (χ4n) is 1.43. The molecule has 0 aliphatic rings. The van der Waals surface area contributed by atoms with Gasteiger partial charge in [0, 0.05) is 5.39 Å². The average molecular weight is 269 g/mol. The second kappa shape index (κ2) is 3.70. The van der Waals surface area contributed by atoms with Crippen LogP contribution in [0.5, 0.6) is 0 Å². The summed E-state index contributed by atoms with van der Waals surface area (Å²) in [7, 11) is 1.36. The van der Waals surface area contributed by atoms with Crippen molar-refractivity contribution in [3.63, 3.8) is 0 Å². The van der Waals surface area contributed by atoms with Gasteiger partial charge in [-0.1, -0.05) is 0 Å². The number of ether oxygens (including phenoxy) is 1. The average Bonchev–Trinajstić information content (AvgIpc) is 2.54.